The van der Waals surface area contributed by atoms with Crippen LogP contribution in [0.3, 0.4) is 0 Å². The van der Waals surface area contributed by atoms with Crippen molar-refractivity contribution in [1.82, 2.24) is 9.55 Å². The summed E-state index contributed by atoms with van der Waals surface area (Å²) >= 11 is 13.3. The monoisotopic (exact) mass is 260 g/mol. The Morgan fingerprint density at radius 3 is 2.93 bits per heavy atom. The van der Waals surface area contributed by atoms with E-state index >= 15 is 0 Å². The Morgan fingerprint density at radius 1 is 1.40 bits per heavy atom. The van der Waals surface area contributed by atoms with E-state index in [1.165, 1.54) is 4.88 Å². The summed E-state index contributed by atoms with van der Waals surface area (Å²) < 4.78 is 2.91. The Hall–Kier alpha value is -0.510. The van der Waals surface area contributed by atoms with Crippen LogP contribution in [0.4, 0.5) is 0 Å². The first kappa shape index (κ1) is 11.0. The van der Waals surface area contributed by atoms with Gasteiger partial charge in [-0.25, -0.2) is 4.98 Å². The van der Waals surface area contributed by atoms with Gasteiger partial charge in [-0.3, -0.25) is 0 Å². The number of hydrogen-bond acceptors (Lipinski definition) is 2. The third-order valence-corrected chi connectivity index (χ3v) is 3.73. The zero-order chi connectivity index (χ0) is 10.7. The van der Waals surface area contributed by atoms with Gasteiger partial charge in [-0.2, -0.15) is 0 Å². The minimum absolute atomic E-state index is 0.505. The molecule has 0 radical (unpaired) electrons. The summed E-state index contributed by atoms with van der Waals surface area (Å²) in [4.78, 5) is 5.35. The lowest BCUT2D eigenvalue weighted by molar-refractivity contribution is 0.679. The number of halogens is 2. The Labute approximate surface area is 102 Å². The highest BCUT2D eigenvalue weighted by molar-refractivity contribution is 7.16. The van der Waals surface area contributed by atoms with E-state index in [1.54, 1.807) is 17.5 Å². The van der Waals surface area contributed by atoms with Crippen LogP contribution in [0.25, 0.3) is 0 Å². The molecule has 2 aromatic rings. The van der Waals surface area contributed by atoms with E-state index in [1.807, 2.05) is 12.4 Å². The molecular formula is C10H10Cl2N2S. The van der Waals surface area contributed by atoms with Gasteiger partial charge in [-0.1, -0.05) is 11.6 Å². The highest BCUT2D eigenvalue weighted by Crippen LogP contribution is 2.22. The second-order valence-electron chi connectivity index (χ2n) is 3.17. The van der Waals surface area contributed by atoms with Gasteiger partial charge in [0.2, 0.25) is 0 Å². The van der Waals surface area contributed by atoms with Crippen molar-refractivity contribution in [2.24, 2.45) is 0 Å². The molecule has 0 saturated heterocycles. The normalized spacial score (nSPS) is 10.8. The predicted molar refractivity (Wildman–Crippen MR) is 64.8 cm³/mol. The fourth-order valence-electron chi connectivity index (χ4n) is 1.38. The molecule has 0 fully saturated rings. The molecule has 2 heterocycles. The highest BCUT2D eigenvalue weighted by atomic mass is 35.5. The maximum absolute atomic E-state index is 5.86. The zero-order valence-corrected chi connectivity index (χ0v) is 10.3. The smallest absolute Gasteiger partial charge is 0.0948 e. The second-order valence-corrected chi connectivity index (χ2v) is 5.23. The summed E-state index contributed by atoms with van der Waals surface area (Å²) in [7, 11) is 0. The van der Waals surface area contributed by atoms with Crippen LogP contribution in [0.2, 0.25) is 4.34 Å². The molecule has 2 nitrogen and oxygen atoms in total. The highest BCUT2D eigenvalue weighted by Gasteiger charge is 2.02. The third-order valence-electron chi connectivity index (χ3n) is 2.16. The van der Waals surface area contributed by atoms with Gasteiger partial charge in [0, 0.05) is 17.6 Å². The average molecular weight is 261 g/mol. The summed E-state index contributed by atoms with van der Waals surface area (Å²) in [6.07, 6.45) is 4.58. The first-order chi connectivity index (χ1) is 7.29. The molecule has 2 rings (SSSR count). The van der Waals surface area contributed by atoms with Crippen LogP contribution in [0.1, 0.15) is 10.6 Å². The molecule has 0 atom stereocenters. The topological polar surface area (TPSA) is 17.8 Å². The van der Waals surface area contributed by atoms with Crippen molar-refractivity contribution in [1.29, 1.82) is 0 Å². The fourth-order valence-corrected chi connectivity index (χ4v) is 2.68. The minimum atomic E-state index is 0.505. The molecule has 0 spiro atoms. The lowest BCUT2D eigenvalue weighted by Gasteiger charge is -2.03. The summed E-state index contributed by atoms with van der Waals surface area (Å²) in [5.41, 5.74) is 1.05. The Kier molecular flexibility index (Phi) is 3.67. The van der Waals surface area contributed by atoms with E-state index in [0.29, 0.717) is 5.88 Å². The Balaban J connectivity index is 1.98. The van der Waals surface area contributed by atoms with E-state index in [9.17, 15) is 0 Å². The molecular weight excluding hydrogens is 251 g/mol. The first-order valence-corrected chi connectivity index (χ1v) is 6.31. The molecule has 0 aliphatic rings. The molecule has 0 saturated carbocycles. The summed E-state index contributed by atoms with van der Waals surface area (Å²) in [6, 6.07) is 3.99. The van der Waals surface area contributed by atoms with Crippen molar-refractivity contribution in [3.05, 3.63) is 39.6 Å². The van der Waals surface area contributed by atoms with Gasteiger partial charge >= 0.3 is 0 Å². The number of rotatable bonds is 4. The van der Waals surface area contributed by atoms with Crippen LogP contribution in [-0.4, -0.2) is 9.55 Å². The van der Waals surface area contributed by atoms with Crippen molar-refractivity contribution in [2.75, 3.05) is 0 Å². The number of aryl methyl sites for hydroxylation is 2. The van der Waals surface area contributed by atoms with Crippen LogP contribution >= 0.6 is 34.5 Å². The quantitative estimate of drug-likeness (QED) is 0.769. The van der Waals surface area contributed by atoms with Gasteiger partial charge < -0.3 is 4.57 Å². The summed E-state index contributed by atoms with van der Waals surface area (Å²) in [5.74, 6) is 0.505. The van der Waals surface area contributed by atoms with Gasteiger partial charge in [-0.15, -0.1) is 22.9 Å². The van der Waals surface area contributed by atoms with Gasteiger partial charge in [0.15, 0.2) is 0 Å². The molecule has 0 bridgehead atoms. The van der Waals surface area contributed by atoms with E-state index in [-0.39, 0.29) is 0 Å². The Morgan fingerprint density at radius 2 is 2.27 bits per heavy atom. The molecule has 0 amide bonds. The molecule has 0 unspecified atom stereocenters. The van der Waals surface area contributed by atoms with Gasteiger partial charge in [0.05, 0.1) is 22.2 Å². The molecule has 2 aromatic heterocycles. The van der Waals surface area contributed by atoms with Crippen molar-refractivity contribution in [2.45, 2.75) is 18.8 Å². The maximum Gasteiger partial charge on any atom is 0.0948 e. The van der Waals surface area contributed by atoms with E-state index in [4.69, 9.17) is 23.2 Å². The number of nitrogens with zero attached hydrogens (tertiary/aromatic N) is 2. The van der Waals surface area contributed by atoms with Crippen LogP contribution in [0, 0.1) is 0 Å². The van der Waals surface area contributed by atoms with E-state index < -0.39 is 0 Å². The van der Waals surface area contributed by atoms with Crippen LogP contribution < -0.4 is 0 Å². The average Bonchev–Trinajstić information content (AvgIpc) is 2.83. The molecule has 0 aliphatic heterocycles. The van der Waals surface area contributed by atoms with Gasteiger partial charge in [-0.05, 0) is 18.6 Å². The number of imidazole rings is 1. The lowest BCUT2D eigenvalue weighted by Crippen LogP contribution is -2.02. The standard InChI is InChI=1S/C10H10Cl2N2S/c11-5-8-6-13-7-14(8)4-3-9-1-2-10(12)15-9/h1-2,6-7H,3-5H2. The van der Waals surface area contributed by atoms with Crippen LogP contribution in [0.15, 0.2) is 24.7 Å². The fraction of sp³-hybridized carbons (Fsp3) is 0.300. The van der Waals surface area contributed by atoms with Gasteiger partial charge in [0.1, 0.15) is 0 Å². The second kappa shape index (κ2) is 5.01. The maximum atomic E-state index is 5.86. The summed E-state index contributed by atoms with van der Waals surface area (Å²) in [5, 5.41) is 0. The molecule has 0 aliphatic carbocycles. The Bertz CT molecular complexity index is 436. The SMILES string of the molecule is ClCc1cncn1CCc1ccc(Cl)s1. The number of thiophene rings is 1. The number of alkyl halides is 1. The minimum Gasteiger partial charge on any atom is -0.333 e. The van der Waals surface area contributed by atoms with Crippen LogP contribution in [0.5, 0.6) is 0 Å². The number of hydrogen-bond donors (Lipinski definition) is 0. The molecule has 15 heavy (non-hydrogen) atoms. The number of aromatic nitrogens is 2. The van der Waals surface area contributed by atoms with Crippen molar-refractivity contribution in [3.63, 3.8) is 0 Å². The third kappa shape index (κ3) is 2.74. The van der Waals surface area contributed by atoms with Crippen molar-refractivity contribution >= 4 is 34.5 Å². The van der Waals surface area contributed by atoms with Crippen molar-refractivity contribution in [3.8, 4) is 0 Å². The van der Waals surface area contributed by atoms with Gasteiger partial charge in [0.25, 0.3) is 0 Å². The summed E-state index contributed by atoms with van der Waals surface area (Å²) in [6.45, 7) is 0.902. The largest absolute Gasteiger partial charge is 0.333 e. The molecule has 0 N–H and O–H groups in total. The predicted octanol–water partition coefficient (Wildman–Crippen LogP) is 3.58. The first-order valence-electron chi connectivity index (χ1n) is 4.59. The molecule has 0 aromatic carbocycles. The lowest BCUT2D eigenvalue weighted by atomic mass is 10.3. The molecule has 5 heteroatoms. The van der Waals surface area contributed by atoms with Crippen molar-refractivity contribution < 1.29 is 0 Å². The van der Waals surface area contributed by atoms with E-state index in [0.717, 1.165) is 23.0 Å². The molecule has 80 valence electrons. The van der Waals surface area contributed by atoms with Crippen LogP contribution in [-0.2, 0) is 18.8 Å². The van der Waals surface area contributed by atoms with E-state index in [2.05, 4.69) is 15.6 Å². The zero-order valence-electron chi connectivity index (χ0n) is 7.99.